The van der Waals surface area contributed by atoms with Gasteiger partial charge in [-0.1, -0.05) is 0 Å². The average molecular weight is 497 g/mol. The molecule has 0 aliphatic heterocycles. The standard InChI is InChI=1S/C11H13I2NO3.ClH/c1-2-17-10(15)5-9(14)6-3-7(12)11(16)8(13)4-6;/h3-4,9,16H,2,5,14H2,1H3;1H/t9-;/m0./s1. The number of rotatable bonds is 4. The highest BCUT2D eigenvalue weighted by Gasteiger charge is 2.15. The number of phenols is 1. The van der Waals surface area contributed by atoms with Crippen molar-refractivity contribution in [3.63, 3.8) is 0 Å². The van der Waals surface area contributed by atoms with Crippen LogP contribution < -0.4 is 5.73 Å². The van der Waals surface area contributed by atoms with E-state index >= 15 is 0 Å². The van der Waals surface area contributed by atoms with Crippen molar-refractivity contribution >= 4 is 63.6 Å². The SMILES string of the molecule is CCOC(=O)C[C@H](N)c1cc(I)c(O)c(I)c1.Cl. The lowest BCUT2D eigenvalue weighted by Crippen LogP contribution is -2.17. The van der Waals surface area contributed by atoms with Gasteiger partial charge in [-0.25, -0.2) is 0 Å². The molecule has 18 heavy (non-hydrogen) atoms. The molecule has 0 bridgehead atoms. The fraction of sp³-hybridized carbons (Fsp3) is 0.364. The van der Waals surface area contributed by atoms with Crippen molar-refractivity contribution in [2.24, 2.45) is 5.73 Å². The molecule has 1 aromatic rings. The number of hydrogen-bond donors (Lipinski definition) is 2. The fourth-order valence-electron chi connectivity index (χ4n) is 1.32. The Labute approximate surface area is 139 Å². The summed E-state index contributed by atoms with van der Waals surface area (Å²) >= 11 is 4.07. The van der Waals surface area contributed by atoms with Crippen LogP contribution in [0.1, 0.15) is 24.9 Å². The van der Waals surface area contributed by atoms with Crippen LogP contribution in [0.15, 0.2) is 12.1 Å². The van der Waals surface area contributed by atoms with Crippen molar-refractivity contribution in [2.45, 2.75) is 19.4 Å². The average Bonchev–Trinajstić information content (AvgIpc) is 2.25. The van der Waals surface area contributed by atoms with Crippen LogP contribution in [0.5, 0.6) is 5.75 Å². The molecule has 4 nitrogen and oxygen atoms in total. The zero-order valence-electron chi connectivity index (χ0n) is 9.65. The van der Waals surface area contributed by atoms with Gasteiger partial charge in [0.1, 0.15) is 5.75 Å². The molecule has 3 N–H and O–H groups in total. The van der Waals surface area contributed by atoms with Gasteiger partial charge in [0, 0.05) is 6.04 Å². The number of esters is 1. The van der Waals surface area contributed by atoms with E-state index in [-0.39, 0.29) is 30.5 Å². The number of benzene rings is 1. The first-order valence-electron chi connectivity index (χ1n) is 5.04. The van der Waals surface area contributed by atoms with Crippen LogP contribution in [0.2, 0.25) is 0 Å². The largest absolute Gasteiger partial charge is 0.506 e. The summed E-state index contributed by atoms with van der Waals surface area (Å²) in [6.45, 7) is 2.12. The quantitative estimate of drug-likeness (QED) is 0.496. The Hall–Kier alpha value is 0.200. The normalized spacial score (nSPS) is 11.6. The van der Waals surface area contributed by atoms with Crippen molar-refractivity contribution in [3.8, 4) is 5.75 Å². The van der Waals surface area contributed by atoms with Crippen LogP contribution in [0, 0.1) is 7.14 Å². The number of hydrogen-bond acceptors (Lipinski definition) is 4. The van der Waals surface area contributed by atoms with E-state index in [1.54, 1.807) is 19.1 Å². The molecule has 1 aromatic carbocycles. The van der Waals surface area contributed by atoms with Gasteiger partial charge in [0.05, 0.1) is 20.2 Å². The molecule has 0 amide bonds. The molecular weight excluding hydrogens is 483 g/mol. The van der Waals surface area contributed by atoms with Crippen molar-refractivity contribution < 1.29 is 14.6 Å². The van der Waals surface area contributed by atoms with Crippen molar-refractivity contribution in [1.29, 1.82) is 0 Å². The second-order valence-corrected chi connectivity index (χ2v) is 5.77. The molecule has 0 spiro atoms. The van der Waals surface area contributed by atoms with Gasteiger partial charge in [-0.2, -0.15) is 0 Å². The van der Waals surface area contributed by atoms with Gasteiger partial charge in [0.2, 0.25) is 0 Å². The van der Waals surface area contributed by atoms with Crippen molar-refractivity contribution in [2.75, 3.05) is 6.61 Å². The van der Waals surface area contributed by atoms with E-state index in [1.807, 2.05) is 45.2 Å². The van der Waals surface area contributed by atoms with Crippen LogP contribution in [0.25, 0.3) is 0 Å². The Kier molecular flexibility index (Phi) is 8.48. The second kappa shape index (κ2) is 8.39. The molecular formula is C11H14ClI2NO3. The van der Waals surface area contributed by atoms with Gasteiger partial charge in [0.15, 0.2) is 0 Å². The Balaban J connectivity index is 0.00000289. The van der Waals surface area contributed by atoms with Gasteiger partial charge in [-0.3, -0.25) is 4.79 Å². The first kappa shape index (κ1) is 18.2. The highest BCUT2D eigenvalue weighted by Crippen LogP contribution is 2.29. The van der Waals surface area contributed by atoms with Gasteiger partial charge in [-0.05, 0) is 69.8 Å². The molecule has 0 heterocycles. The zero-order valence-corrected chi connectivity index (χ0v) is 14.8. The van der Waals surface area contributed by atoms with Crippen molar-refractivity contribution in [3.05, 3.63) is 24.8 Å². The van der Waals surface area contributed by atoms with E-state index in [4.69, 9.17) is 10.5 Å². The van der Waals surface area contributed by atoms with E-state index in [9.17, 15) is 9.90 Å². The number of phenolic OH excluding ortho intramolecular Hbond substituents is 1. The topological polar surface area (TPSA) is 72.5 Å². The minimum Gasteiger partial charge on any atom is -0.506 e. The fourth-order valence-corrected chi connectivity index (χ4v) is 3.13. The van der Waals surface area contributed by atoms with E-state index in [1.165, 1.54) is 0 Å². The third kappa shape index (κ3) is 5.06. The summed E-state index contributed by atoms with van der Waals surface area (Å²) in [5, 5.41) is 9.63. The van der Waals surface area contributed by atoms with Crippen LogP contribution in [0.4, 0.5) is 0 Å². The molecule has 0 unspecified atom stereocenters. The zero-order chi connectivity index (χ0) is 13.0. The number of ether oxygens (including phenoxy) is 1. The molecule has 1 rings (SSSR count). The summed E-state index contributed by atoms with van der Waals surface area (Å²) in [5.74, 6) is -0.0589. The molecule has 0 saturated carbocycles. The Morgan fingerprint density at radius 3 is 2.39 bits per heavy atom. The smallest absolute Gasteiger partial charge is 0.307 e. The van der Waals surface area contributed by atoms with Gasteiger partial charge in [-0.15, -0.1) is 12.4 Å². The second-order valence-electron chi connectivity index (χ2n) is 3.45. The molecule has 0 aromatic heterocycles. The summed E-state index contributed by atoms with van der Waals surface area (Å²) in [4.78, 5) is 11.3. The summed E-state index contributed by atoms with van der Waals surface area (Å²) in [6.07, 6.45) is 0.144. The van der Waals surface area contributed by atoms with Gasteiger partial charge >= 0.3 is 5.97 Å². The highest BCUT2D eigenvalue weighted by atomic mass is 127. The highest BCUT2D eigenvalue weighted by molar-refractivity contribution is 14.1. The maximum atomic E-state index is 11.3. The minimum atomic E-state index is -0.406. The molecule has 7 heteroatoms. The summed E-state index contributed by atoms with van der Waals surface area (Å²) in [6, 6.07) is 3.15. The van der Waals surface area contributed by atoms with Crippen LogP contribution in [0.3, 0.4) is 0 Å². The van der Waals surface area contributed by atoms with Gasteiger partial charge < -0.3 is 15.6 Å². The van der Waals surface area contributed by atoms with E-state index in [0.717, 1.165) is 12.7 Å². The summed E-state index contributed by atoms with van der Waals surface area (Å²) < 4.78 is 6.30. The summed E-state index contributed by atoms with van der Waals surface area (Å²) in [7, 11) is 0. The number of carbonyl (C=O) groups is 1. The van der Waals surface area contributed by atoms with Gasteiger partial charge in [0.25, 0.3) is 0 Å². The number of aromatic hydroxyl groups is 1. The molecule has 0 radical (unpaired) electrons. The first-order chi connectivity index (χ1) is 7.95. The predicted octanol–water partition coefficient (Wildman–Crippen LogP) is 2.98. The third-order valence-electron chi connectivity index (χ3n) is 2.16. The monoisotopic (exact) mass is 497 g/mol. The van der Waals surface area contributed by atoms with E-state index in [2.05, 4.69) is 0 Å². The predicted molar refractivity (Wildman–Crippen MR) is 89.0 cm³/mol. The lowest BCUT2D eigenvalue weighted by atomic mass is 10.0. The number of carbonyl (C=O) groups excluding carboxylic acids is 1. The molecule has 0 aliphatic rings. The van der Waals surface area contributed by atoms with E-state index < -0.39 is 6.04 Å². The molecule has 1 atom stereocenters. The molecule has 102 valence electrons. The molecule has 0 fully saturated rings. The van der Waals surface area contributed by atoms with Crippen LogP contribution >= 0.6 is 57.6 Å². The third-order valence-corrected chi connectivity index (χ3v) is 3.80. The lowest BCUT2D eigenvalue weighted by molar-refractivity contribution is -0.143. The Morgan fingerprint density at radius 1 is 1.44 bits per heavy atom. The van der Waals surface area contributed by atoms with Crippen molar-refractivity contribution in [1.82, 2.24) is 0 Å². The maximum Gasteiger partial charge on any atom is 0.307 e. The number of nitrogens with two attached hydrogens (primary N) is 1. The minimum absolute atomic E-state index is 0. The Bertz CT molecular complexity index is 406. The molecule has 0 saturated heterocycles. The maximum absolute atomic E-state index is 11.3. The first-order valence-corrected chi connectivity index (χ1v) is 7.20. The summed E-state index contributed by atoms with van der Waals surface area (Å²) in [5.41, 5.74) is 6.75. The lowest BCUT2D eigenvalue weighted by Gasteiger charge is -2.13. The van der Waals surface area contributed by atoms with E-state index in [0.29, 0.717) is 6.61 Å². The van der Waals surface area contributed by atoms with Crippen LogP contribution in [-0.4, -0.2) is 17.7 Å². The molecule has 0 aliphatic carbocycles. The van der Waals surface area contributed by atoms with Crippen LogP contribution in [-0.2, 0) is 9.53 Å². The number of halogens is 3. The Morgan fingerprint density at radius 2 is 1.94 bits per heavy atom.